The Balaban J connectivity index is 1.23. The predicted octanol–water partition coefficient (Wildman–Crippen LogP) is 9.20. The fourth-order valence-electron chi connectivity index (χ4n) is 7.59. The van der Waals surface area contributed by atoms with Gasteiger partial charge < -0.3 is 14.8 Å². The molecule has 7 nitrogen and oxygen atoms in total. The van der Waals surface area contributed by atoms with E-state index in [0.717, 1.165) is 45.4 Å². The number of pyridine rings is 2. The van der Waals surface area contributed by atoms with Crippen molar-refractivity contribution in [2.45, 2.75) is 103 Å². The zero-order valence-electron chi connectivity index (χ0n) is 30.0. The maximum absolute atomic E-state index is 13.8. The van der Waals surface area contributed by atoms with Gasteiger partial charge in [0.25, 0.3) is 0 Å². The number of esters is 2. The summed E-state index contributed by atoms with van der Waals surface area (Å²) < 4.78 is 39.5. The van der Waals surface area contributed by atoms with Crippen LogP contribution in [0.1, 0.15) is 121 Å². The zero-order chi connectivity index (χ0) is 36.7. The normalized spacial score (nSPS) is 17.8. The first kappa shape index (κ1) is 36.6. The Kier molecular flexibility index (Phi) is 10.4. The van der Waals surface area contributed by atoms with Crippen LogP contribution in [0.3, 0.4) is 0 Å². The molecule has 0 amide bonds. The molecular formula is C41H44BrF2N3O4. The van der Waals surface area contributed by atoms with E-state index in [9.17, 15) is 18.4 Å². The third kappa shape index (κ3) is 7.71. The number of benzene rings is 2. The highest BCUT2D eigenvalue weighted by Gasteiger charge is 2.41. The van der Waals surface area contributed by atoms with Gasteiger partial charge in [0, 0.05) is 24.6 Å². The minimum absolute atomic E-state index is 0.171. The second-order valence-corrected chi connectivity index (χ2v) is 15.8. The Morgan fingerprint density at radius 1 is 0.882 bits per heavy atom. The summed E-state index contributed by atoms with van der Waals surface area (Å²) in [5.74, 6) is -1.54. The molecule has 0 bridgehead atoms. The predicted molar refractivity (Wildman–Crippen MR) is 196 cm³/mol. The average Bonchev–Trinajstić information content (AvgIpc) is 3.59. The van der Waals surface area contributed by atoms with Gasteiger partial charge >= 0.3 is 11.9 Å². The Morgan fingerprint density at radius 3 is 2.12 bits per heavy atom. The summed E-state index contributed by atoms with van der Waals surface area (Å²) in [6.45, 7) is 12.5. The molecule has 1 aliphatic carbocycles. The number of hydrogen-bond acceptors (Lipinski definition) is 7. The van der Waals surface area contributed by atoms with E-state index in [1.807, 2.05) is 6.92 Å². The molecule has 2 aromatic carbocycles. The summed E-state index contributed by atoms with van der Waals surface area (Å²) in [5.41, 5.74) is 7.44. The highest BCUT2D eigenvalue weighted by Crippen LogP contribution is 2.46. The number of rotatable bonds is 11. The van der Waals surface area contributed by atoms with Crippen LogP contribution in [0.5, 0.6) is 0 Å². The summed E-state index contributed by atoms with van der Waals surface area (Å²) in [6.07, 6.45) is 4.87. The molecule has 10 heteroatoms. The van der Waals surface area contributed by atoms with E-state index in [4.69, 9.17) is 14.5 Å². The highest BCUT2D eigenvalue weighted by molar-refractivity contribution is 9.10. The molecular weight excluding hydrogens is 716 g/mol. The monoisotopic (exact) mass is 759 g/mol. The van der Waals surface area contributed by atoms with Crippen molar-refractivity contribution in [3.63, 3.8) is 0 Å². The van der Waals surface area contributed by atoms with Gasteiger partial charge in [-0.1, -0.05) is 45.0 Å². The van der Waals surface area contributed by atoms with Gasteiger partial charge in [0.05, 0.1) is 17.9 Å². The number of ether oxygens (including phenoxy) is 2. The van der Waals surface area contributed by atoms with Gasteiger partial charge in [0.1, 0.15) is 16.2 Å². The summed E-state index contributed by atoms with van der Waals surface area (Å²) in [4.78, 5) is 36.1. The number of hydrogen-bond donors (Lipinski definition) is 1. The van der Waals surface area contributed by atoms with Gasteiger partial charge in [-0.3, -0.25) is 0 Å². The van der Waals surface area contributed by atoms with E-state index in [0.29, 0.717) is 54.6 Å². The number of halogens is 3. The molecule has 0 saturated heterocycles. The molecule has 2 aromatic heterocycles. The van der Waals surface area contributed by atoms with Crippen LogP contribution < -0.4 is 5.32 Å². The Hall–Kier alpha value is -4.18. The van der Waals surface area contributed by atoms with Crippen molar-refractivity contribution in [1.82, 2.24) is 9.97 Å². The Labute approximate surface area is 306 Å². The molecule has 2 unspecified atom stereocenters. The van der Waals surface area contributed by atoms with Crippen molar-refractivity contribution >= 4 is 33.6 Å². The van der Waals surface area contributed by atoms with Crippen LogP contribution in [0.2, 0.25) is 0 Å². The minimum Gasteiger partial charge on any atom is -0.458 e. The van der Waals surface area contributed by atoms with Crippen molar-refractivity contribution in [2.24, 2.45) is 0 Å². The molecule has 51 heavy (non-hydrogen) atoms. The zero-order valence-corrected chi connectivity index (χ0v) is 31.5. The number of anilines is 1. The molecule has 1 N–H and O–H groups in total. The number of aromatic nitrogens is 2. The largest absolute Gasteiger partial charge is 0.458 e. The summed E-state index contributed by atoms with van der Waals surface area (Å²) in [5, 5.41) is 3.44. The minimum atomic E-state index is -0.494. The maximum Gasteiger partial charge on any atom is 0.359 e. The first-order chi connectivity index (χ1) is 24.1. The number of carbonyl (C=O) groups is 2. The molecule has 4 aromatic rings. The number of fused-ring (bicyclic) bond motifs is 2. The molecule has 0 fully saturated rings. The third-order valence-electron chi connectivity index (χ3n) is 10.2. The lowest BCUT2D eigenvalue weighted by Gasteiger charge is -2.28. The lowest BCUT2D eigenvalue weighted by atomic mass is 9.77. The fourth-order valence-corrected chi connectivity index (χ4v) is 8.11. The van der Waals surface area contributed by atoms with Crippen LogP contribution in [0.25, 0.3) is 0 Å². The van der Waals surface area contributed by atoms with Gasteiger partial charge in [-0.2, -0.15) is 0 Å². The van der Waals surface area contributed by atoms with Crippen molar-refractivity contribution < 1.29 is 27.8 Å². The summed E-state index contributed by atoms with van der Waals surface area (Å²) >= 11 is 3.66. The van der Waals surface area contributed by atoms with Crippen LogP contribution in [0.4, 0.5) is 14.5 Å². The van der Waals surface area contributed by atoms with Gasteiger partial charge in [-0.25, -0.2) is 28.3 Å². The SMILES string of the molecule is CC(C)OC(=O)c1ncc(Cc2ccc(F)cc2)c2c1NCC2(C)CCC(C)OC(=O)c1nc(Br)c(Cc2ccc(F)cc2)c2c1CCC2(C)C. The quantitative estimate of drug-likeness (QED) is 0.121. The van der Waals surface area contributed by atoms with Gasteiger partial charge in [-0.05, 0) is 137 Å². The number of nitrogens with zero attached hydrogens (tertiary/aromatic N) is 2. The molecule has 0 saturated carbocycles. The van der Waals surface area contributed by atoms with Crippen molar-refractivity contribution in [3.05, 3.63) is 121 Å². The Morgan fingerprint density at radius 2 is 1.49 bits per heavy atom. The van der Waals surface area contributed by atoms with Crippen LogP contribution in [0, 0.1) is 11.6 Å². The topological polar surface area (TPSA) is 90.4 Å². The van der Waals surface area contributed by atoms with Crippen molar-refractivity contribution in [2.75, 3.05) is 11.9 Å². The number of carbonyl (C=O) groups excluding carboxylic acids is 2. The highest BCUT2D eigenvalue weighted by atomic mass is 79.9. The van der Waals surface area contributed by atoms with E-state index in [2.05, 4.69) is 47.0 Å². The number of nitrogens with one attached hydrogen (secondary N) is 1. The fraction of sp³-hybridized carbons (Fsp3) is 0.415. The molecule has 0 radical (unpaired) electrons. The van der Waals surface area contributed by atoms with Crippen molar-refractivity contribution in [1.29, 1.82) is 0 Å². The molecule has 268 valence electrons. The molecule has 0 spiro atoms. The Bertz CT molecular complexity index is 1960. The van der Waals surface area contributed by atoms with Crippen LogP contribution in [-0.4, -0.2) is 40.7 Å². The summed E-state index contributed by atoms with van der Waals surface area (Å²) in [6, 6.07) is 12.9. The lowest BCUT2D eigenvalue weighted by molar-refractivity contribution is 0.0299. The second-order valence-electron chi connectivity index (χ2n) is 15.1. The lowest BCUT2D eigenvalue weighted by Crippen LogP contribution is -2.28. The van der Waals surface area contributed by atoms with E-state index >= 15 is 0 Å². The molecule has 3 heterocycles. The first-order valence-corrected chi connectivity index (χ1v) is 18.3. The van der Waals surface area contributed by atoms with E-state index in [1.165, 1.54) is 24.3 Å². The van der Waals surface area contributed by atoms with E-state index < -0.39 is 23.5 Å². The average molecular weight is 761 g/mol. The maximum atomic E-state index is 13.8. The van der Waals surface area contributed by atoms with Gasteiger partial charge in [-0.15, -0.1) is 0 Å². The van der Waals surface area contributed by atoms with Crippen LogP contribution in [0.15, 0.2) is 59.3 Å². The van der Waals surface area contributed by atoms with E-state index in [-0.39, 0.29) is 28.8 Å². The molecule has 2 atom stereocenters. The molecule has 6 rings (SSSR count). The van der Waals surface area contributed by atoms with Crippen molar-refractivity contribution in [3.8, 4) is 0 Å². The summed E-state index contributed by atoms with van der Waals surface area (Å²) in [7, 11) is 0. The first-order valence-electron chi connectivity index (χ1n) is 17.5. The second kappa shape index (κ2) is 14.4. The van der Waals surface area contributed by atoms with Gasteiger partial charge in [0.15, 0.2) is 11.4 Å². The standard InChI is InChI=1S/C41H44BrF2N3O4/c1-23(2)50-39(49)36-35-32(27(21-45-36)19-25-7-11-28(43)12-8-25)41(6,22-46-35)18-15-24(3)51-38(48)34-30-16-17-40(4,5)33(30)31(37(42)47-34)20-26-9-13-29(44)14-10-26/h7-14,21,23-24,46H,15-20,22H2,1-6H3. The van der Waals surface area contributed by atoms with Crippen LogP contribution in [-0.2, 0) is 39.6 Å². The van der Waals surface area contributed by atoms with Gasteiger partial charge in [0.2, 0.25) is 0 Å². The van der Waals surface area contributed by atoms with E-state index in [1.54, 1.807) is 44.3 Å². The smallest absolute Gasteiger partial charge is 0.359 e. The van der Waals surface area contributed by atoms with Crippen LogP contribution >= 0.6 is 15.9 Å². The molecule has 1 aliphatic heterocycles. The molecule has 2 aliphatic rings. The third-order valence-corrected chi connectivity index (χ3v) is 10.8.